The summed E-state index contributed by atoms with van der Waals surface area (Å²) in [4.78, 5) is 38.4. The van der Waals surface area contributed by atoms with Gasteiger partial charge in [-0.05, 0) is 12.0 Å². The first kappa shape index (κ1) is 17.3. The Hall–Kier alpha value is -3.09. The Kier molecular flexibility index (Phi) is 4.43. The van der Waals surface area contributed by atoms with E-state index < -0.39 is 11.9 Å². The van der Waals surface area contributed by atoms with Crippen LogP contribution < -0.4 is 11.1 Å². The van der Waals surface area contributed by atoms with Gasteiger partial charge < -0.3 is 11.1 Å². The zero-order valence-corrected chi connectivity index (χ0v) is 15.1. The minimum Gasteiger partial charge on any atom is -0.323 e. The van der Waals surface area contributed by atoms with E-state index in [0.29, 0.717) is 28.1 Å². The van der Waals surface area contributed by atoms with Gasteiger partial charge in [0.2, 0.25) is 11.7 Å². The first-order valence-electron chi connectivity index (χ1n) is 8.46. The molecule has 0 saturated heterocycles. The van der Waals surface area contributed by atoms with Crippen molar-refractivity contribution in [3.8, 4) is 0 Å². The molecule has 1 aliphatic carbocycles. The van der Waals surface area contributed by atoms with Crippen LogP contribution in [0.1, 0.15) is 36.7 Å². The number of amides is 1. The van der Waals surface area contributed by atoms with Crippen molar-refractivity contribution in [2.75, 3.05) is 5.32 Å². The van der Waals surface area contributed by atoms with Crippen LogP contribution in [0.5, 0.6) is 0 Å². The second-order valence-corrected chi connectivity index (χ2v) is 7.22. The average Bonchev–Trinajstić information content (AvgIpc) is 3.11. The SMILES string of the molecule is N[C@@H](Cc1ccccc1)C(=O)Nc1csc2c1C(=O)c1ccccc1C2=O. The number of thiophene rings is 1. The van der Waals surface area contributed by atoms with Crippen LogP contribution in [0.25, 0.3) is 0 Å². The molecule has 4 rings (SSSR count). The molecule has 27 heavy (non-hydrogen) atoms. The van der Waals surface area contributed by atoms with Gasteiger partial charge in [0.05, 0.1) is 22.2 Å². The molecule has 5 nitrogen and oxygen atoms in total. The van der Waals surface area contributed by atoms with Crippen molar-refractivity contribution >= 4 is 34.5 Å². The van der Waals surface area contributed by atoms with Crippen LogP contribution in [-0.2, 0) is 11.2 Å². The number of hydrogen-bond donors (Lipinski definition) is 2. The minimum atomic E-state index is -0.760. The quantitative estimate of drug-likeness (QED) is 0.573. The number of anilines is 1. The van der Waals surface area contributed by atoms with E-state index in [9.17, 15) is 14.4 Å². The van der Waals surface area contributed by atoms with E-state index in [1.54, 1.807) is 29.6 Å². The van der Waals surface area contributed by atoms with Gasteiger partial charge in [-0.15, -0.1) is 11.3 Å². The van der Waals surface area contributed by atoms with E-state index in [1.165, 1.54) is 0 Å². The van der Waals surface area contributed by atoms with Crippen LogP contribution >= 0.6 is 11.3 Å². The van der Waals surface area contributed by atoms with Gasteiger partial charge in [-0.2, -0.15) is 0 Å². The summed E-state index contributed by atoms with van der Waals surface area (Å²) in [6.07, 6.45) is 0.384. The number of hydrogen-bond acceptors (Lipinski definition) is 5. The smallest absolute Gasteiger partial charge is 0.241 e. The van der Waals surface area contributed by atoms with E-state index in [2.05, 4.69) is 5.32 Å². The summed E-state index contributed by atoms with van der Waals surface area (Å²) in [6, 6.07) is 15.4. The second-order valence-electron chi connectivity index (χ2n) is 6.34. The van der Waals surface area contributed by atoms with Gasteiger partial charge in [0.1, 0.15) is 0 Å². The molecule has 1 heterocycles. The maximum atomic E-state index is 12.8. The fourth-order valence-corrected chi connectivity index (χ4v) is 4.11. The lowest BCUT2D eigenvalue weighted by Crippen LogP contribution is -2.37. The third kappa shape index (κ3) is 3.09. The molecule has 0 spiro atoms. The Bertz CT molecular complexity index is 1060. The molecule has 0 unspecified atom stereocenters. The summed E-state index contributed by atoms with van der Waals surface area (Å²) < 4.78 is 0. The van der Waals surface area contributed by atoms with Gasteiger partial charge in [-0.3, -0.25) is 14.4 Å². The van der Waals surface area contributed by atoms with Crippen molar-refractivity contribution in [2.45, 2.75) is 12.5 Å². The predicted molar refractivity (Wildman–Crippen MR) is 104 cm³/mol. The Balaban J connectivity index is 1.58. The number of carbonyl (C=O) groups excluding carboxylic acids is 3. The lowest BCUT2D eigenvalue weighted by molar-refractivity contribution is -0.117. The van der Waals surface area contributed by atoms with E-state index in [0.717, 1.165) is 16.9 Å². The molecule has 0 radical (unpaired) electrons. The summed E-state index contributed by atoms with van der Waals surface area (Å²) in [7, 11) is 0. The number of nitrogens with one attached hydrogen (secondary N) is 1. The van der Waals surface area contributed by atoms with Crippen LogP contribution in [0.4, 0.5) is 5.69 Å². The van der Waals surface area contributed by atoms with Crippen molar-refractivity contribution < 1.29 is 14.4 Å². The summed E-state index contributed by atoms with van der Waals surface area (Å²) >= 11 is 1.16. The molecule has 1 amide bonds. The fourth-order valence-electron chi connectivity index (χ4n) is 3.16. The normalized spacial score (nSPS) is 13.7. The fraction of sp³-hybridized carbons (Fsp3) is 0.0952. The molecular formula is C21H16N2O3S. The summed E-state index contributed by atoms with van der Waals surface area (Å²) in [6.45, 7) is 0. The third-order valence-electron chi connectivity index (χ3n) is 4.53. The monoisotopic (exact) mass is 376 g/mol. The molecule has 134 valence electrons. The van der Waals surface area contributed by atoms with Gasteiger partial charge >= 0.3 is 0 Å². The average molecular weight is 376 g/mol. The summed E-state index contributed by atoms with van der Waals surface area (Å²) in [5.41, 5.74) is 8.33. The molecule has 0 bridgehead atoms. The first-order chi connectivity index (χ1) is 13.1. The predicted octanol–water partition coefficient (Wildman–Crippen LogP) is 3.03. The lowest BCUT2D eigenvalue weighted by Gasteiger charge is -2.16. The molecule has 2 aromatic carbocycles. The highest BCUT2D eigenvalue weighted by Crippen LogP contribution is 2.36. The van der Waals surface area contributed by atoms with Crippen molar-refractivity contribution in [1.82, 2.24) is 0 Å². The molecule has 1 atom stereocenters. The molecule has 1 aliphatic rings. The van der Waals surface area contributed by atoms with Crippen molar-refractivity contribution in [3.05, 3.63) is 87.1 Å². The number of nitrogens with two attached hydrogens (primary N) is 1. The van der Waals surface area contributed by atoms with Gasteiger partial charge in [0.25, 0.3) is 0 Å². The van der Waals surface area contributed by atoms with E-state index in [4.69, 9.17) is 5.73 Å². The molecule has 3 N–H and O–H groups in total. The molecule has 0 fully saturated rings. The number of benzene rings is 2. The summed E-state index contributed by atoms with van der Waals surface area (Å²) in [5.74, 6) is -0.841. The number of carbonyl (C=O) groups is 3. The first-order valence-corrected chi connectivity index (χ1v) is 9.34. The lowest BCUT2D eigenvalue weighted by atomic mass is 9.88. The second kappa shape index (κ2) is 6.90. The number of ketones is 2. The topological polar surface area (TPSA) is 89.3 Å². The van der Waals surface area contributed by atoms with E-state index >= 15 is 0 Å². The molecule has 0 aliphatic heterocycles. The van der Waals surface area contributed by atoms with Crippen molar-refractivity contribution in [1.29, 1.82) is 0 Å². The molecule has 6 heteroatoms. The standard InChI is InChI=1S/C21H16N2O3S/c22-15(10-12-6-2-1-3-7-12)21(26)23-16-11-27-20-17(16)18(24)13-8-4-5-9-14(13)19(20)25/h1-9,11,15H,10,22H2,(H,23,26)/t15-/m0/s1. The van der Waals surface area contributed by atoms with Gasteiger partial charge in [-0.1, -0.05) is 54.6 Å². The van der Waals surface area contributed by atoms with Crippen molar-refractivity contribution in [3.63, 3.8) is 0 Å². The Morgan fingerprint density at radius 3 is 2.30 bits per heavy atom. The maximum Gasteiger partial charge on any atom is 0.241 e. The zero-order valence-electron chi connectivity index (χ0n) is 14.3. The Morgan fingerprint density at radius 2 is 1.59 bits per heavy atom. The minimum absolute atomic E-state index is 0.195. The van der Waals surface area contributed by atoms with Crippen LogP contribution in [0.15, 0.2) is 60.0 Å². The van der Waals surface area contributed by atoms with Crippen molar-refractivity contribution in [2.24, 2.45) is 5.73 Å². The zero-order chi connectivity index (χ0) is 19.0. The summed E-state index contributed by atoms with van der Waals surface area (Å²) in [5, 5.41) is 4.35. The van der Waals surface area contributed by atoms with Gasteiger partial charge in [0.15, 0.2) is 5.78 Å². The van der Waals surface area contributed by atoms with Crippen LogP contribution in [0.2, 0.25) is 0 Å². The van der Waals surface area contributed by atoms with Crippen LogP contribution in [0, 0.1) is 0 Å². The van der Waals surface area contributed by atoms with Gasteiger partial charge in [0, 0.05) is 16.5 Å². The number of fused-ring (bicyclic) bond motifs is 2. The molecule has 0 saturated carbocycles. The molecule has 3 aromatic rings. The van der Waals surface area contributed by atoms with E-state index in [1.807, 2.05) is 30.3 Å². The van der Waals surface area contributed by atoms with Crippen LogP contribution in [-0.4, -0.2) is 23.5 Å². The Morgan fingerprint density at radius 1 is 0.963 bits per heavy atom. The third-order valence-corrected chi connectivity index (χ3v) is 5.51. The van der Waals surface area contributed by atoms with E-state index in [-0.39, 0.29) is 17.1 Å². The maximum absolute atomic E-state index is 12.8. The number of rotatable bonds is 4. The Labute approximate surface area is 159 Å². The van der Waals surface area contributed by atoms with Gasteiger partial charge in [-0.25, -0.2) is 0 Å². The van der Waals surface area contributed by atoms with Crippen LogP contribution in [0.3, 0.4) is 0 Å². The highest BCUT2D eigenvalue weighted by atomic mass is 32.1. The molecule has 1 aromatic heterocycles. The highest BCUT2D eigenvalue weighted by Gasteiger charge is 2.33. The highest BCUT2D eigenvalue weighted by molar-refractivity contribution is 7.13. The molecular weight excluding hydrogens is 360 g/mol. The largest absolute Gasteiger partial charge is 0.323 e.